The Bertz CT molecular complexity index is 581. The van der Waals surface area contributed by atoms with Crippen molar-refractivity contribution in [2.24, 2.45) is 0 Å². The number of benzene rings is 2. The van der Waals surface area contributed by atoms with Gasteiger partial charge in [0.2, 0.25) is 0 Å². The van der Waals surface area contributed by atoms with Crippen LogP contribution in [0.2, 0.25) is 0 Å². The number of methoxy groups -OCH3 is 1. The van der Waals surface area contributed by atoms with Gasteiger partial charge in [-0.25, -0.2) is 0 Å². The summed E-state index contributed by atoms with van der Waals surface area (Å²) in [5.74, 6) is 1.18. The minimum Gasteiger partial charge on any atom is -0.496 e. The number of ether oxygens (including phenoxy) is 1. The van der Waals surface area contributed by atoms with Gasteiger partial charge in [-0.2, -0.15) is 5.26 Å². The van der Waals surface area contributed by atoms with E-state index >= 15 is 0 Å². The van der Waals surface area contributed by atoms with Crippen molar-refractivity contribution in [2.75, 3.05) is 7.11 Å². The Labute approximate surface area is 114 Å². The summed E-state index contributed by atoms with van der Waals surface area (Å²) in [6.45, 7) is 2.16. The summed E-state index contributed by atoms with van der Waals surface area (Å²) >= 11 is 0. The highest BCUT2D eigenvalue weighted by Crippen LogP contribution is 2.31. The second-order valence-corrected chi connectivity index (χ2v) is 4.54. The summed E-state index contributed by atoms with van der Waals surface area (Å²) in [7, 11) is 1.70. The smallest absolute Gasteiger partial charge is 0.122 e. The minimum atomic E-state index is 0.271. The third-order valence-corrected chi connectivity index (χ3v) is 3.37. The zero-order valence-corrected chi connectivity index (χ0v) is 11.3. The van der Waals surface area contributed by atoms with Crippen LogP contribution in [0.25, 0.3) is 0 Å². The van der Waals surface area contributed by atoms with Crippen molar-refractivity contribution < 1.29 is 4.74 Å². The molecule has 0 radical (unpaired) electrons. The van der Waals surface area contributed by atoms with E-state index in [0.717, 1.165) is 11.3 Å². The van der Waals surface area contributed by atoms with Gasteiger partial charge in [-0.05, 0) is 17.2 Å². The molecule has 0 saturated heterocycles. The van der Waals surface area contributed by atoms with Crippen LogP contribution in [0.15, 0.2) is 48.5 Å². The lowest BCUT2D eigenvalue weighted by atomic mass is 9.91. The lowest BCUT2D eigenvalue weighted by Crippen LogP contribution is -1.99. The van der Waals surface area contributed by atoms with Crippen molar-refractivity contribution in [1.82, 2.24) is 0 Å². The van der Waals surface area contributed by atoms with Gasteiger partial charge >= 0.3 is 0 Å². The third kappa shape index (κ3) is 2.95. The maximum Gasteiger partial charge on any atom is 0.122 e. The Kier molecular flexibility index (Phi) is 4.20. The molecule has 0 fully saturated rings. The second kappa shape index (κ2) is 6.06. The molecule has 19 heavy (non-hydrogen) atoms. The number of para-hydroxylation sites is 1. The van der Waals surface area contributed by atoms with Crippen LogP contribution < -0.4 is 4.74 Å². The van der Waals surface area contributed by atoms with Crippen molar-refractivity contribution in [3.05, 3.63) is 65.2 Å². The molecule has 0 bridgehead atoms. The molecule has 0 aliphatic heterocycles. The fraction of sp³-hybridized carbons (Fsp3) is 0.235. The van der Waals surface area contributed by atoms with E-state index in [0.29, 0.717) is 6.42 Å². The Hall–Kier alpha value is -2.27. The normalized spacial score (nSPS) is 11.6. The van der Waals surface area contributed by atoms with E-state index in [2.05, 4.69) is 31.2 Å². The SMILES string of the molecule is COc1ccccc1C(C)c1ccc(CC#N)cc1. The molecular formula is C17H17NO. The van der Waals surface area contributed by atoms with E-state index < -0.39 is 0 Å². The third-order valence-electron chi connectivity index (χ3n) is 3.37. The maximum absolute atomic E-state index is 8.68. The highest BCUT2D eigenvalue weighted by Gasteiger charge is 2.12. The van der Waals surface area contributed by atoms with Crippen LogP contribution in [0.3, 0.4) is 0 Å². The van der Waals surface area contributed by atoms with Crippen molar-refractivity contribution in [1.29, 1.82) is 5.26 Å². The first-order chi connectivity index (χ1) is 9.26. The fourth-order valence-corrected chi connectivity index (χ4v) is 2.22. The van der Waals surface area contributed by atoms with Crippen LogP contribution in [0, 0.1) is 11.3 Å². The average molecular weight is 251 g/mol. The molecule has 2 aromatic rings. The highest BCUT2D eigenvalue weighted by atomic mass is 16.5. The van der Waals surface area contributed by atoms with E-state index in [9.17, 15) is 0 Å². The van der Waals surface area contributed by atoms with Crippen molar-refractivity contribution in [3.8, 4) is 11.8 Å². The number of nitriles is 1. The van der Waals surface area contributed by atoms with Gasteiger partial charge in [0, 0.05) is 11.5 Å². The molecule has 0 spiro atoms. The van der Waals surface area contributed by atoms with Crippen LogP contribution in [0.1, 0.15) is 29.5 Å². The van der Waals surface area contributed by atoms with Crippen LogP contribution in [0.5, 0.6) is 5.75 Å². The number of nitrogens with zero attached hydrogens (tertiary/aromatic N) is 1. The molecule has 1 atom stereocenters. The molecule has 2 nitrogen and oxygen atoms in total. The van der Waals surface area contributed by atoms with Crippen molar-refractivity contribution >= 4 is 0 Å². The molecule has 2 heteroatoms. The lowest BCUT2D eigenvalue weighted by molar-refractivity contribution is 0.408. The fourth-order valence-electron chi connectivity index (χ4n) is 2.22. The van der Waals surface area contributed by atoms with Crippen LogP contribution in [-0.4, -0.2) is 7.11 Å². The molecule has 1 unspecified atom stereocenters. The molecule has 0 aliphatic rings. The molecule has 0 heterocycles. The summed E-state index contributed by atoms with van der Waals surface area (Å²) in [5, 5.41) is 8.68. The number of rotatable bonds is 4. The second-order valence-electron chi connectivity index (χ2n) is 4.54. The quantitative estimate of drug-likeness (QED) is 0.825. The molecule has 0 saturated carbocycles. The molecule has 0 aliphatic carbocycles. The topological polar surface area (TPSA) is 33.0 Å². The van der Waals surface area contributed by atoms with Gasteiger partial charge in [0.15, 0.2) is 0 Å². The first-order valence-electron chi connectivity index (χ1n) is 6.35. The Morgan fingerprint density at radius 1 is 1.11 bits per heavy atom. The molecule has 2 rings (SSSR count). The first kappa shape index (κ1) is 13.2. The van der Waals surface area contributed by atoms with Crippen LogP contribution in [-0.2, 0) is 6.42 Å². The molecule has 0 N–H and O–H groups in total. The monoisotopic (exact) mass is 251 g/mol. The summed E-state index contributed by atoms with van der Waals surface area (Å²) in [4.78, 5) is 0. The van der Waals surface area contributed by atoms with Gasteiger partial charge < -0.3 is 4.74 Å². The highest BCUT2D eigenvalue weighted by molar-refractivity contribution is 5.42. The van der Waals surface area contributed by atoms with E-state index in [-0.39, 0.29) is 5.92 Å². The first-order valence-corrected chi connectivity index (χ1v) is 6.35. The van der Waals surface area contributed by atoms with Crippen molar-refractivity contribution in [3.63, 3.8) is 0 Å². The summed E-state index contributed by atoms with van der Waals surface area (Å²) in [5.41, 5.74) is 3.46. The van der Waals surface area contributed by atoms with Gasteiger partial charge in [0.25, 0.3) is 0 Å². The van der Waals surface area contributed by atoms with Crippen LogP contribution in [0.4, 0.5) is 0 Å². The molecule has 2 aromatic carbocycles. The summed E-state index contributed by atoms with van der Waals surface area (Å²) < 4.78 is 5.41. The Morgan fingerprint density at radius 2 is 1.79 bits per heavy atom. The van der Waals surface area contributed by atoms with Crippen LogP contribution >= 0.6 is 0 Å². The number of hydrogen-bond acceptors (Lipinski definition) is 2. The predicted molar refractivity (Wildman–Crippen MR) is 76.3 cm³/mol. The summed E-state index contributed by atoms with van der Waals surface area (Å²) in [6.07, 6.45) is 0.462. The largest absolute Gasteiger partial charge is 0.496 e. The standard InChI is InChI=1S/C17H17NO/c1-13(16-5-3-4-6-17(16)19-2)15-9-7-14(8-10-15)11-12-18/h3-10,13H,11H2,1-2H3. The molecule has 96 valence electrons. The molecule has 0 aromatic heterocycles. The summed E-state index contributed by atoms with van der Waals surface area (Å²) in [6, 6.07) is 18.4. The van der Waals surface area contributed by atoms with Gasteiger partial charge in [0.05, 0.1) is 19.6 Å². The number of hydrogen-bond donors (Lipinski definition) is 0. The predicted octanol–water partition coefficient (Wildman–Crippen LogP) is 3.91. The zero-order chi connectivity index (χ0) is 13.7. The van der Waals surface area contributed by atoms with E-state index in [4.69, 9.17) is 10.00 Å². The lowest BCUT2D eigenvalue weighted by Gasteiger charge is -2.16. The average Bonchev–Trinajstić information content (AvgIpc) is 2.47. The minimum absolute atomic E-state index is 0.271. The van der Waals surface area contributed by atoms with Crippen molar-refractivity contribution in [2.45, 2.75) is 19.3 Å². The molecular weight excluding hydrogens is 234 g/mol. The zero-order valence-electron chi connectivity index (χ0n) is 11.3. The van der Waals surface area contributed by atoms with Gasteiger partial charge in [-0.1, -0.05) is 49.4 Å². The maximum atomic E-state index is 8.68. The Balaban J connectivity index is 2.28. The van der Waals surface area contributed by atoms with E-state index in [1.165, 1.54) is 11.1 Å². The van der Waals surface area contributed by atoms with E-state index in [1.807, 2.05) is 30.3 Å². The van der Waals surface area contributed by atoms with E-state index in [1.54, 1.807) is 7.11 Å². The van der Waals surface area contributed by atoms with Gasteiger partial charge in [0.1, 0.15) is 5.75 Å². The van der Waals surface area contributed by atoms with Gasteiger partial charge in [-0.3, -0.25) is 0 Å². The van der Waals surface area contributed by atoms with Gasteiger partial charge in [-0.15, -0.1) is 0 Å². The molecule has 0 amide bonds. The Morgan fingerprint density at radius 3 is 2.42 bits per heavy atom.